The van der Waals surface area contributed by atoms with Gasteiger partial charge in [0.1, 0.15) is 5.82 Å². The lowest BCUT2D eigenvalue weighted by Crippen LogP contribution is -2.31. The molecule has 0 radical (unpaired) electrons. The quantitative estimate of drug-likeness (QED) is 0.832. The van der Waals surface area contributed by atoms with Crippen molar-refractivity contribution >= 4 is 46.3 Å². The summed E-state index contributed by atoms with van der Waals surface area (Å²) in [6.45, 7) is 0. The first kappa shape index (κ1) is 15.5. The van der Waals surface area contributed by atoms with E-state index < -0.39 is 23.4 Å². The molecule has 1 aliphatic rings. The van der Waals surface area contributed by atoms with Crippen molar-refractivity contribution in [2.24, 2.45) is 0 Å². The van der Waals surface area contributed by atoms with Crippen molar-refractivity contribution in [3.63, 3.8) is 0 Å². The van der Waals surface area contributed by atoms with Crippen molar-refractivity contribution in [2.45, 2.75) is 0 Å². The molecular weight excluding hydrogens is 344 g/mol. The number of halogens is 3. The largest absolute Gasteiger partial charge is 0.502 e. The van der Waals surface area contributed by atoms with Gasteiger partial charge in [-0.15, -0.1) is 0 Å². The van der Waals surface area contributed by atoms with Crippen LogP contribution in [0.25, 0.3) is 5.57 Å². The lowest BCUT2D eigenvalue weighted by atomic mass is 10.1. The third-order valence-electron chi connectivity index (χ3n) is 3.34. The number of anilines is 1. The third kappa shape index (κ3) is 2.58. The van der Waals surface area contributed by atoms with Crippen molar-refractivity contribution < 1.29 is 19.1 Å². The van der Waals surface area contributed by atoms with Crippen molar-refractivity contribution in [2.75, 3.05) is 4.90 Å². The van der Waals surface area contributed by atoms with Gasteiger partial charge in [-0.05, 0) is 36.4 Å². The first-order valence-corrected chi connectivity index (χ1v) is 7.18. The lowest BCUT2D eigenvalue weighted by Gasteiger charge is -2.14. The molecule has 0 fully saturated rings. The number of imide groups is 1. The molecule has 23 heavy (non-hydrogen) atoms. The summed E-state index contributed by atoms with van der Waals surface area (Å²) in [5.74, 6) is -2.87. The highest BCUT2D eigenvalue weighted by Crippen LogP contribution is 2.35. The monoisotopic (exact) mass is 351 g/mol. The summed E-state index contributed by atoms with van der Waals surface area (Å²) < 4.78 is 13.0. The fraction of sp³-hybridized carbons (Fsp3) is 0. The van der Waals surface area contributed by atoms with Gasteiger partial charge in [-0.25, -0.2) is 9.29 Å². The van der Waals surface area contributed by atoms with Crippen LogP contribution in [-0.2, 0) is 9.59 Å². The van der Waals surface area contributed by atoms with E-state index in [4.69, 9.17) is 23.2 Å². The maximum Gasteiger partial charge on any atom is 0.301 e. The number of hydrogen-bond acceptors (Lipinski definition) is 3. The molecule has 0 saturated carbocycles. The van der Waals surface area contributed by atoms with Gasteiger partial charge in [0.05, 0.1) is 16.3 Å². The highest BCUT2D eigenvalue weighted by molar-refractivity contribution is 6.47. The number of benzene rings is 2. The molecule has 0 spiro atoms. The van der Waals surface area contributed by atoms with Gasteiger partial charge < -0.3 is 5.11 Å². The van der Waals surface area contributed by atoms with Crippen LogP contribution in [0.4, 0.5) is 10.1 Å². The van der Waals surface area contributed by atoms with Crippen molar-refractivity contribution in [1.29, 1.82) is 0 Å². The van der Waals surface area contributed by atoms with Crippen molar-refractivity contribution in [1.82, 2.24) is 0 Å². The molecule has 0 bridgehead atoms. The Morgan fingerprint density at radius 3 is 2.22 bits per heavy atom. The molecule has 1 aliphatic heterocycles. The molecule has 0 unspecified atom stereocenters. The topological polar surface area (TPSA) is 57.6 Å². The van der Waals surface area contributed by atoms with E-state index in [1.165, 1.54) is 30.3 Å². The minimum absolute atomic E-state index is 0.126. The second-order valence-electron chi connectivity index (χ2n) is 4.77. The summed E-state index contributed by atoms with van der Waals surface area (Å²) in [7, 11) is 0. The van der Waals surface area contributed by atoms with E-state index in [9.17, 15) is 19.1 Å². The Labute approximate surface area is 140 Å². The van der Waals surface area contributed by atoms with E-state index in [1.807, 2.05) is 0 Å². The van der Waals surface area contributed by atoms with Gasteiger partial charge in [0.25, 0.3) is 5.91 Å². The van der Waals surface area contributed by atoms with Gasteiger partial charge in [-0.1, -0.05) is 29.3 Å². The predicted molar refractivity (Wildman–Crippen MR) is 84.9 cm³/mol. The van der Waals surface area contributed by atoms with Crippen LogP contribution in [0.15, 0.2) is 48.2 Å². The smallest absolute Gasteiger partial charge is 0.301 e. The van der Waals surface area contributed by atoms with Crippen LogP contribution in [0.1, 0.15) is 5.56 Å². The van der Waals surface area contributed by atoms with Crippen LogP contribution >= 0.6 is 23.2 Å². The number of amides is 2. The minimum atomic E-state index is -0.900. The zero-order valence-electron chi connectivity index (χ0n) is 11.4. The van der Waals surface area contributed by atoms with Crippen molar-refractivity contribution in [3.8, 4) is 0 Å². The Morgan fingerprint density at radius 1 is 0.957 bits per heavy atom. The van der Waals surface area contributed by atoms with Gasteiger partial charge in [0, 0.05) is 10.6 Å². The van der Waals surface area contributed by atoms with E-state index >= 15 is 0 Å². The van der Waals surface area contributed by atoms with Crippen LogP contribution in [-0.4, -0.2) is 16.9 Å². The number of rotatable bonds is 2. The molecule has 0 atom stereocenters. The first-order chi connectivity index (χ1) is 10.9. The average molecular weight is 352 g/mol. The van der Waals surface area contributed by atoms with Crippen LogP contribution in [0.5, 0.6) is 0 Å². The van der Waals surface area contributed by atoms with Gasteiger partial charge in [-0.2, -0.15) is 0 Å². The number of aliphatic hydroxyl groups excluding tert-OH is 1. The molecule has 0 aliphatic carbocycles. The Bertz CT molecular complexity index is 862. The molecule has 116 valence electrons. The number of aliphatic hydroxyl groups is 1. The lowest BCUT2D eigenvalue weighted by molar-refractivity contribution is -0.121. The minimum Gasteiger partial charge on any atom is -0.502 e. The molecule has 3 rings (SSSR count). The second kappa shape index (κ2) is 5.68. The molecule has 4 nitrogen and oxygen atoms in total. The zero-order chi connectivity index (χ0) is 16.7. The fourth-order valence-electron chi connectivity index (χ4n) is 2.28. The highest BCUT2D eigenvalue weighted by atomic mass is 35.5. The SMILES string of the molecule is O=C1C(O)=C(c2ccc(Cl)cc2Cl)C(=O)N1c1ccc(F)cc1. The average Bonchev–Trinajstić information content (AvgIpc) is 2.72. The second-order valence-corrected chi connectivity index (χ2v) is 5.61. The van der Waals surface area contributed by atoms with Gasteiger partial charge >= 0.3 is 5.91 Å². The van der Waals surface area contributed by atoms with Gasteiger partial charge in [0.2, 0.25) is 0 Å². The molecule has 2 amide bonds. The Hall–Kier alpha value is -2.37. The molecule has 0 saturated heterocycles. The standard InChI is InChI=1S/C16H8Cl2FNO3/c17-8-1-6-11(12(18)7-8)13-14(21)16(23)20(15(13)22)10-4-2-9(19)3-5-10/h1-7,21H. The van der Waals surface area contributed by atoms with Gasteiger partial charge in [-0.3, -0.25) is 9.59 Å². The zero-order valence-corrected chi connectivity index (χ0v) is 12.9. The Kier molecular flexibility index (Phi) is 3.83. The van der Waals surface area contributed by atoms with Crippen molar-refractivity contribution in [3.05, 3.63) is 69.6 Å². The summed E-state index contributed by atoms with van der Waals surface area (Å²) in [6, 6.07) is 9.09. The molecule has 2 aromatic rings. The maximum atomic E-state index is 13.0. The van der Waals surface area contributed by atoms with E-state index in [0.717, 1.165) is 17.0 Å². The molecule has 2 aromatic carbocycles. The van der Waals surface area contributed by atoms with E-state index in [-0.39, 0.29) is 21.8 Å². The number of carbonyl (C=O) groups is 2. The molecule has 7 heteroatoms. The Balaban J connectivity index is 2.08. The van der Waals surface area contributed by atoms with Gasteiger partial charge in [0.15, 0.2) is 5.76 Å². The summed E-state index contributed by atoms with van der Waals surface area (Å²) in [6.07, 6.45) is 0. The number of nitrogens with zero attached hydrogens (tertiary/aromatic N) is 1. The molecule has 0 aromatic heterocycles. The summed E-state index contributed by atoms with van der Waals surface area (Å²) >= 11 is 11.8. The summed E-state index contributed by atoms with van der Waals surface area (Å²) in [5.41, 5.74) is 0.116. The predicted octanol–water partition coefficient (Wildman–Crippen LogP) is 3.98. The van der Waals surface area contributed by atoms with E-state index in [2.05, 4.69) is 0 Å². The normalized spacial score (nSPS) is 14.8. The first-order valence-electron chi connectivity index (χ1n) is 6.43. The number of hydrogen-bond donors (Lipinski definition) is 1. The van der Waals surface area contributed by atoms with Crippen LogP contribution in [0.2, 0.25) is 10.0 Å². The fourth-order valence-corrected chi connectivity index (χ4v) is 2.78. The third-order valence-corrected chi connectivity index (χ3v) is 3.89. The summed E-state index contributed by atoms with van der Waals surface area (Å²) in [4.78, 5) is 25.5. The van der Waals surface area contributed by atoms with Crippen LogP contribution in [0.3, 0.4) is 0 Å². The van der Waals surface area contributed by atoms with Crippen LogP contribution in [0, 0.1) is 5.82 Å². The number of carbonyl (C=O) groups excluding carboxylic acids is 2. The maximum absolute atomic E-state index is 13.0. The molecule has 1 heterocycles. The molecular formula is C16H8Cl2FNO3. The molecule has 1 N–H and O–H groups in total. The van der Waals surface area contributed by atoms with E-state index in [0.29, 0.717) is 5.02 Å². The highest BCUT2D eigenvalue weighted by Gasteiger charge is 2.40. The van der Waals surface area contributed by atoms with Crippen LogP contribution < -0.4 is 4.90 Å². The Morgan fingerprint density at radius 2 is 1.61 bits per heavy atom. The summed E-state index contributed by atoms with van der Waals surface area (Å²) in [5, 5.41) is 10.5. The van der Waals surface area contributed by atoms with E-state index in [1.54, 1.807) is 0 Å².